The lowest BCUT2D eigenvalue weighted by molar-refractivity contribution is -0.0109. The Balaban J connectivity index is 1.96. The minimum Gasteiger partial charge on any atom is -0.497 e. The maximum Gasteiger partial charge on any atom is 0.227 e. The van der Waals surface area contributed by atoms with E-state index in [0.717, 1.165) is 29.2 Å². The fraction of sp³-hybridized carbons (Fsp3) is 0.464. The fourth-order valence-electron chi connectivity index (χ4n) is 3.94. The maximum atomic E-state index is 10.6. The molecule has 0 saturated carbocycles. The number of aliphatic hydroxyl groups is 1. The molecule has 0 bridgehead atoms. The van der Waals surface area contributed by atoms with Crippen LogP contribution in [-0.2, 0) is 11.3 Å². The van der Waals surface area contributed by atoms with Gasteiger partial charge in [0, 0.05) is 25.7 Å². The number of aromatic nitrogens is 2. The third kappa shape index (κ3) is 7.82. The highest BCUT2D eigenvalue weighted by atomic mass is 16.5. The van der Waals surface area contributed by atoms with Gasteiger partial charge >= 0.3 is 0 Å². The fourth-order valence-corrected chi connectivity index (χ4v) is 3.94. The molecule has 2 aromatic carbocycles. The van der Waals surface area contributed by atoms with Gasteiger partial charge in [0.05, 0.1) is 42.9 Å². The van der Waals surface area contributed by atoms with Crippen LogP contribution in [0.1, 0.15) is 39.0 Å². The lowest BCUT2D eigenvalue weighted by atomic mass is 10.1. The summed E-state index contributed by atoms with van der Waals surface area (Å²) in [5.41, 5.74) is 2.78. The molecule has 0 radical (unpaired) electrons. The number of aliphatic hydroxyl groups excluding tert-OH is 1. The molecule has 35 heavy (non-hydrogen) atoms. The Morgan fingerprint density at radius 2 is 1.69 bits per heavy atom. The summed E-state index contributed by atoms with van der Waals surface area (Å²) >= 11 is 0. The van der Waals surface area contributed by atoms with Gasteiger partial charge in [-0.05, 0) is 51.0 Å². The predicted octanol–water partition coefficient (Wildman–Crippen LogP) is 5.23. The Morgan fingerprint density at radius 1 is 0.971 bits per heavy atom. The van der Waals surface area contributed by atoms with Crippen molar-refractivity contribution in [1.82, 2.24) is 14.7 Å². The van der Waals surface area contributed by atoms with Crippen molar-refractivity contribution in [3.8, 4) is 23.1 Å². The highest BCUT2D eigenvalue weighted by molar-refractivity contribution is 5.44. The zero-order valence-corrected chi connectivity index (χ0v) is 21.8. The number of para-hydroxylation sites is 1. The van der Waals surface area contributed by atoms with Gasteiger partial charge in [-0.25, -0.2) is 4.68 Å². The SMILES string of the molecule is COc1cccc(Oc2c(CN(CC(C)C)C[C@@H](O)COC(C)C)c(C)nn2-c2ccccc2)c1. The van der Waals surface area contributed by atoms with Gasteiger partial charge in [0.2, 0.25) is 5.88 Å². The quantitative estimate of drug-likeness (QED) is 0.361. The zero-order valence-electron chi connectivity index (χ0n) is 21.8. The summed E-state index contributed by atoms with van der Waals surface area (Å²) in [6.07, 6.45) is -0.499. The molecule has 0 unspecified atom stereocenters. The van der Waals surface area contributed by atoms with E-state index in [0.29, 0.717) is 37.2 Å². The second kappa shape index (κ2) is 12.7. The molecule has 1 N–H and O–H groups in total. The lowest BCUT2D eigenvalue weighted by Gasteiger charge is -2.27. The van der Waals surface area contributed by atoms with Gasteiger partial charge in [-0.3, -0.25) is 4.90 Å². The molecular weight excluding hydrogens is 442 g/mol. The molecule has 0 aliphatic carbocycles. The summed E-state index contributed by atoms with van der Waals surface area (Å²) in [6, 6.07) is 17.5. The summed E-state index contributed by atoms with van der Waals surface area (Å²) in [7, 11) is 1.64. The van der Waals surface area contributed by atoms with E-state index < -0.39 is 6.10 Å². The first-order chi connectivity index (χ1) is 16.8. The minimum atomic E-state index is -0.580. The van der Waals surface area contributed by atoms with Crippen LogP contribution in [0.2, 0.25) is 0 Å². The Labute approximate surface area is 209 Å². The van der Waals surface area contributed by atoms with Crippen molar-refractivity contribution in [2.75, 3.05) is 26.8 Å². The second-order valence-electron chi connectivity index (χ2n) is 9.52. The van der Waals surface area contributed by atoms with Crippen LogP contribution >= 0.6 is 0 Å². The Bertz CT molecular complexity index is 1050. The Kier molecular flexibility index (Phi) is 9.72. The molecule has 0 spiro atoms. The monoisotopic (exact) mass is 481 g/mol. The molecule has 190 valence electrons. The van der Waals surface area contributed by atoms with Crippen LogP contribution in [0, 0.1) is 12.8 Å². The van der Waals surface area contributed by atoms with Crippen molar-refractivity contribution in [2.24, 2.45) is 5.92 Å². The van der Waals surface area contributed by atoms with E-state index in [-0.39, 0.29) is 6.10 Å². The summed E-state index contributed by atoms with van der Waals surface area (Å²) in [6.45, 7) is 12.5. The number of benzene rings is 2. The predicted molar refractivity (Wildman–Crippen MR) is 139 cm³/mol. The summed E-state index contributed by atoms with van der Waals surface area (Å²) in [5, 5.41) is 15.5. The van der Waals surface area contributed by atoms with E-state index in [4.69, 9.17) is 19.3 Å². The molecule has 1 aromatic heterocycles. The molecule has 3 rings (SSSR count). The van der Waals surface area contributed by atoms with Crippen molar-refractivity contribution in [3.05, 3.63) is 65.9 Å². The number of nitrogens with zero attached hydrogens (tertiary/aromatic N) is 3. The van der Waals surface area contributed by atoms with Crippen LogP contribution in [0.25, 0.3) is 5.69 Å². The van der Waals surface area contributed by atoms with E-state index in [1.165, 1.54) is 0 Å². The molecule has 7 nitrogen and oxygen atoms in total. The number of aryl methyl sites for hydroxylation is 1. The van der Waals surface area contributed by atoms with Crippen LogP contribution in [-0.4, -0.2) is 58.8 Å². The Morgan fingerprint density at radius 3 is 2.34 bits per heavy atom. The van der Waals surface area contributed by atoms with Crippen LogP contribution < -0.4 is 9.47 Å². The van der Waals surface area contributed by atoms with Crippen molar-refractivity contribution in [2.45, 2.75) is 53.4 Å². The first-order valence-electron chi connectivity index (χ1n) is 12.2. The van der Waals surface area contributed by atoms with Crippen molar-refractivity contribution < 1.29 is 19.3 Å². The number of hydrogen-bond acceptors (Lipinski definition) is 6. The van der Waals surface area contributed by atoms with Gasteiger partial charge in [0.1, 0.15) is 11.5 Å². The maximum absolute atomic E-state index is 10.6. The highest BCUT2D eigenvalue weighted by Gasteiger charge is 2.23. The molecule has 1 atom stereocenters. The topological polar surface area (TPSA) is 69.0 Å². The second-order valence-corrected chi connectivity index (χ2v) is 9.52. The van der Waals surface area contributed by atoms with Crippen molar-refractivity contribution in [1.29, 1.82) is 0 Å². The van der Waals surface area contributed by atoms with Crippen LogP contribution in [0.4, 0.5) is 0 Å². The highest BCUT2D eigenvalue weighted by Crippen LogP contribution is 2.33. The largest absolute Gasteiger partial charge is 0.497 e. The van der Waals surface area contributed by atoms with Crippen molar-refractivity contribution >= 4 is 0 Å². The smallest absolute Gasteiger partial charge is 0.227 e. The zero-order chi connectivity index (χ0) is 25.4. The van der Waals surface area contributed by atoms with Crippen LogP contribution in [0.3, 0.4) is 0 Å². The van der Waals surface area contributed by atoms with Crippen LogP contribution in [0.5, 0.6) is 17.4 Å². The van der Waals surface area contributed by atoms with Gasteiger partial charge in [-0.2, -0.15) is 5.10 Å². The molecule has 0 fully saturated rings. The molecular formula is C28H39N3O4. The number of hydrogen-bond donors (Lipinski definition) is 1. The number of rotatable bonds is 13. The number of methoxy groups -OCH3 is 1. The third-order valence-electron chi connectivity index (χ3n) is 5.49. The van der Waals surface area contributed by atoms with Gasteiger partial charge in [0.15, 0.2) is 0 Å². The van der Waals surface area contributed by atoms with Gasteiger partial charge in [-0.15, -0.1) is 0 Å². The van der Waals surface area contributed by atoms with Crippen LogP contribution in [0.15, 0.2) is 54.6 Å². The lowest BCUT2D eigenvalue weighted by Crippen LogP contribution is -2.37. The molecule has 7 heteroatoms. The van der Waals surface area contributed by atoms with Crippen molar-refractivity contribution in [3.63, 3.8) is 0 Å². The Hall–Kier alpha value is -2.87. The van der Waals surface area contributed by atoms with Gasteiger partial charge in [-0.1, -0.05) is 38.1 Å². The number of ether oxygens (including phenoxy) is 3. The van der Waals surface area contributed by atoms with E-state index in [9.17, 15) is 5.11 Å². The van der Waals surface area contributed by atoms with E-state index in [1.807, 2.05) is 80.1 Å². The normalized spacial score (nSPS) is 12.5. The molecule has 0 saturated heterocycles. The van der Waals surface area contributed by atoms with E-state index >= 15 is 0 Å². The van der Waals surface area contributed by atoms with E-state index in [2.05, 4.69) is 18.7 Å². The average Bonchev–Trinajstić information content (AvgIpc) is 3.12. The van der Waals surface area contributed by atoms with E-state index in [1.54, 1.807) is 7.11 Å². The van der Waals surface area contributed by atoms with Gasteiger partial charge in [0.25, 0.3) is 0 Å². The first-order valence-corrected chi connectivity index (χ1v) is 12.2. The third-order valence-corrected chi connectivity index (χ3v) is 5.49. The first kappa shape index (κ1) is 26.7. The minimum absolute atomic E-state index is 0.0809. The molecule has 0 amide bonds. The summed E-state index contributed by atoms with van der Waals surface area (Å²) < 4.78 is 19.3. The van der Waals surface area contributed by atoms with Gasteiger partial charge < -0.3 is 19.3 Å². The molecule has 0 aliphatic heterocycles. The summed E-state index contributed by atoms with van der Waals surface area (Å²) in [4.78, 5) is 2.25. The molecule has 3 aromatic rings. The summed E-state index contributed by atoms with van der Waals surface area (Å²) in [5.74, 6) is 2.48. The molecule has 0 aliphatic rings. The molecule has 1 heterocycles. The standard InChI is InChI=1S/C28H39N3O4/c1-20(2)16-30(17-24(32)19-34-21(3)4)18-27-22(5)29-31(23-11-8-7-9-12-23)28(27)35-26-14-10-13-25(15-26)33-6/h7-15,20-21,24,32H,16-19H2,1-6H3/t24-/m1/s1. The average molecular weight is 482 g/mol.